The lowest BCUT2D eigenvalue weighted by atomic mass is 9.77. The van der Waals surface area contributed by atoms with Gasteiger partial charge in [0, 0.05) is 11.5 Å². The number of nitrogens with two attached hydrogens (primary N) is 1. The molecule has 3 aromatic rings. The van der Waals surface area contributed by atoms with Gasteiger partial charge >= 0.3 is 0 Å². The molecule has 8 nitrogen and oxygen atoms in total. The Kier molecular flexibility index (Phi) is 5.60. The van der Waals surface area contributed by atoms with Gasteiger partial charge in [0.1, 0.15) is 17.6 Å². The number of halogens is 2. The fraction of sp³-hybridized carbons (Fsp3) is 0.273. The number of allylic oxidation sites excluding steroid dienone is 1. The number of amides is 1. The van der Waals surface area contributed by atoms with E-state index in [1.807, 2.05) is 18.2 Å². The number of hydrogen-bond acceptors (Lipinski definition) is 6. The van der Waals surface area contributed by atoms with Crippen molar-refractivity contribution in [1.29, 1.82) is 0 Å². The predicted octanol–water partition coefficient (Wildman–Crippen LogP) is 3.58. The summed E-state index contributed by atoms with van der Waals surface area (Å²) < 4.78 is 21.4. The first-order valence-corrected chi connectivity index (χ1v) is 10.3. The van der Waals surface area contributed by atoms with E-state index in [1.54, 1.807) is 26.0 Å². The molecule has 0 spiro atoms. The van der Waals surface area contributed by atoms with Gasteiger partial charge in [-0.3, -0.25) is 4.79 Å². The minimum atomic E-state index is -2.52. The second kappa shape index (κ2) is 8.23. The van der Waals surface area contributed by atoms with Crippen molar-refractivity contribution in [1.82, 2.24) is 19.9 Å². The van der Waals surface area contributed by atoms with Crippen LogP contribution in [0.25, 0.3) is 16.7 Å². The zero-order valence-corrected chi connectivity index (χ0v) is 18.4. The zero-order chi connectivity index (χ0) is 23.0. The molecule has 4 rings (SSSR count). The third-order valence-electron chi connectivity index (χ3n) is 5.64. The number of para-hydroxylation sites is 1. The SMILES string of the molecule is COc1ccccc1C1=CC(C(C)Nc2ncnc3[nH]cnc23)=C(C(N)=O)C(F)(Cl)C1C. The number of H-pyrrole nitrogens is 1. The minimum absolute atomic E-state index is 0.294. The second-order valence-electron chi connectivity index (χ2n) is 7.53. The fourth-order valence-corrected chi connectivity index (χ4v) is 4.28. The summed E-state index contributed by atoms with van der Waals surface area (Å²) in [5.74, 6) is -0.809. The molecule has 0 saturated carbocycles. The van der Waals surface area contributed by atoms with Gasteiger partial charge in [0.2, 0.25) is 11.0 Å². The predicted molar refractivity (Wildman–Crippen MR) is 121 cm³/mol. The van der Waals surface area contributed by atoms with Gasteiger partial charge in [-0.1, -0.05) is 42.8 Å². The number of anilines is 1. The highest BCUT2D eigenvalue weighted by atomic mass is 35.5. The van der Waals surface area contributed by atoms with Crippen molar-refractivity contribution in [3.05, 3.63) is 59.7 Å². The molecule has 0 aliphatic heterocycles. The van der Waals surface area contributed by atoms with E-state index in [0.717, 1.165) is 0 Å². The highest BCUT2D eigenvalue weighted by Gasteiger charge is 2.48. The number of alkyl halides is 2. The molecule has 0 fully saturated rings. The number of fused-ring (bicyclic) bond motifs is 1. The van der Waals surface area contributed by atoms with Gasteiger partial charge in [-0.05, 0) is 24.1 Å². The second-order valence-corrected chi connectivity index (χ2v) is 8.08. The Balaban J connectivity index is 1.85. The van der Waals surface area contributed by atoms with Gasteiger partial charge in [-0.25, -0.2) is 19.3 Å². The number of benzene rings is 1. The first-order valence-electron chi connectivity index (χ1n) is 9.93. The fourth-order valence-electron chi connectivity index (χ4n) is 3.96. The average Bonchev–Trinajstić information content (AvgIpc) is 3.25. The topological polar surface area (TPSA) is 119 Å². The number of methoxy groups -OCH3 is 1. The maximum absolute atomic E-state index is 16.0. The quantitative estimate of drug-likeness (QED) is 0.488. The molecule has 1 aliphatic rings. The highest BCUT2D eigenvalue weighted by Crippen LogP contribution is 2.49. The molecule has 1 amide bonds. The van der Waals surface area contributed by atoms with E-state index in [-0.39, 0.29) is 5.57 Å². The molecule has 0 saturated heterocycles. The molecular formula is C22H22ClFN6O2. The van der Waals surface area contributed by atoms with Gasteiger partial charge in [0.15, 0.2) is 11.5 Å². The lowest BCUT2D eigenvalue weighted by Crippen LogP contribution is -2.41. The van der Waals surface area contributed by atoms with Crippen LogP contribution in [0.2, 0.25) is 0 Å². The monoisotopic (exact) mass is 456 g/mol. The average molecular weight is 457 g/mol. The number of aromatic amines is 1. The molecule has 4 N–H and O–H groups in total. The Bertz CT molecular complexity index is 1250. The van der Waals surface area contributed by atoms with Crippen molar-refractivity contribution >= 4 is 40.1 Å². The van der Waals surface area contributed by atoms with Gasteiger partial charge in [-0.2, -0.15) is 0 Å². The molecule has 3 unspecified atom stereocenters. The largest absolute Gasteiger partial charge is 0.496 e. The third kappa shape index (κ3) is 3.58. The van der Waals surface area contributed by atoms with E-state index in [2.05, 4.69) is 25.3 Å². The Labute approximate surface area is 188 Å². The maximum Gasteiger partial charge on any atom is 0.249 e. The summed E-state index contributed by atoms with van der Waals surface area (Å²) in [5.41, 5.74) is 7.93. The zero-order valence-electron chi connectivity index (χ0n) is 17.7. The van der Waals surface area contributed by atoms with Crippen LogP contribution in [0.3, 0.4) is 0 Å². The number of nitrogens with one attached hydrogen (secondary N) is 2. The van der Waals surface area contributed by atoms with Crippen LogP contribution in [-0.4, -0.2) is 44.1 Å². The van der Waals surface area contributed by atoms with Gasteiger partial charge in [0.25, 0.3) is 0 Å². The molecule has 32 heavy (non-hydrogen) atoms. The number of nitrogens with zero attached hydrogens (tertiary/aromatic N) is 3. The number of imidazole rings is 1. The number of hydrogen-bond donors (Lipinski definition) is 3. The number of carbonyl (C=O) groups is 1. The summed E-state index contributed by atoms with van der Waals surface area (Å²) in [6.07, 6.45) is 4.61. The van der Waals surface area contributed by atoms with Crippen LogP contribution in [0.1, 0.15) is 19.4 Å². The van der Waals surface area contributed by atoms with Crippen LogP contribution in [0.4, 0.5) is 10.2 Å². The van der Waals surface area contributed by atoms with Crippen LogP contribution >= 0.6 is 11.6 Å². The molecule has 10 heteroatoms. The van der Waals surface area contributed by atoms with Crippen LogP contribution in [-0.2, 0) is 4.79 Å². The van der Waals surface area contributed by atoms with Gasteiger partial charge in [-0.15, -0.1) is 0 Å². The third-order valence-corrected chi connectivity index (χ3v) is 6.16. The molecule has 2 heterocycles. The Morgan fingerprint density at radius 1 is 1.34 bits per heavy atom. The number of aromatic nitrogens is 4. The van der Waals surface area contributed by atoms with Gasteiger partial charge < -0.3 is 20.8 Å². The first-order chi connectivity index (χ1) is 15.3. The summed E-state index contributed by atoms with van der Waals surface area (Å²) in [7, 11) is 1.54. The van der Waals surface area contributed by atoms with E-state index < -0.39 is 23.0 Å². The molecule has 1 aromatic carbocycles. The van der Waals surface area contributed by atoms with Crippen LogP contribution < -0.4 is 15.8 Å². The Morgan fingerprint density at radius 2 is 2.09 bits per heavy atom. The van der Waals surface area contributed by atoms with E-state index in [0.29, 0.717) is 39.4 Å². The minimum Gasteiger partial charge on any atom is -0.496 e. The van der Waals surface area contributed by atoms with Crippen molar-refractivity contribution in [2.45, 2.75) is 25.0 Å². The van der Waals surface area contributed by atoms with Crippen molar-refractivity contribution in [2.75, 3.05) is 12.4 Å². The summed E-state index contributed by atoms with van der Waals surface area (Å²) in [6.45, 7) is 3.37. The lowest BCUT2D eigenvalue weighted by Gasteiger charge is -2.36. The number of primary amides is 1. The highest BCUT2D eigenvalue weighted by molar-refractivity contribution is 6.29. The van der Waals surface area contributed by atoms with Crippen molar-refractivity contribution < 1.29 is 13.9 Å². The summed E-state index contributed by atoms with van der Waals surface area (Å²) in [6, 6.07) is 6.65. The molecule has 0 bridgehead atoms. The number of carbonyl (C=O) groups excluding carboxylic acids is 1. The number of rotatable bonds is 6. The van der Waals surface area contributed by atoms with Crippen LogP contribution in [0.15, 0.2) is 54.1 Å². The summed E-state index contributed by atoms with van der Waals surface area (Å²) in [5, 5.41) is 0.660. The Hall–Kier alpha value is -3.46. The van der Waals surface area contributed by atoms with Gasteiger partial charge in [0.05, 0.1) is 25.1 Å². The van der Waals surface area contributed by atoms with E-state index in [4.69, 9.17) is 22.1 Å². The molecule has 0 radical (unpaired) electrons. The summed E-state index contributed by atoms with van der Waals surface area (Å²) >= 11 is 6.37. The van der Waals surface area contributed by atoms with Crippen LogP contribution in [0.5, 0.6) is 5.75 Å². The van der Waals surface area contributed by atoms with E-state index in [1.165, 1.54) is 19.8 Å². The van der Waals surface area contributed by atoms with E-state index in [9.17, 15) is 4.79 Å². The molecule has 2 aromatic heterocycles. The molecule has 166 valence electrons. The molecular weight excluding hydrogens is 435 g/mol. The van der Waals surface area contributed by atoms with E-state index >= 15 is 4.39 Å². The normalized spacial score (nSPS) is 21.9. The van der Waals surface area contributed by atoms with Crippen molar-refractivity contribution in [3.8, 4) is 5.75 Å². The van der Waals surface area contributed by atoms with Crippen LogP contribution in [0, 0.1) is 5.92 Å². The molecule has 1 aliphatic carbocycles. The Morgan fingerprint density at radius 3 is 2.81 bits per heavy atom. The van der Waals surface area contributed by atoms with Crippen molar-refractivity contribution in [3.63, 3.8) is 0 Å². The summed E-state index contributed by atoms with van der Waals surface area (Å²) in [4.78, 5) is 27.8. The standard InChI is InChI=1S/C22H22ClFN6O2/c1-11-14(13-6-4-5-7-16(13)32-3)8-15(17(19(25)31)22(11,23)24)12(2)30-21-18-20(27-9-26-18)28-10-29-21/h4-12H,1-3H3,(H2,25,31)(H2,26,27,28,29,30). The first kappa shape index (κ1) is 21.8. The maximum atomic E-state index is 16.0. The number of ether oxygens (including phenoxy) is 1. The smallest absolute Gasteiger partial charge is 0.249 e. The molecule has 3 atom stereocenters. The van der Waals surface area contributed by atoms with Crippen molar-refractivity contribution in [2.24, 2.45) is 11.7 Å². The lowest BCUT2D eigenvalue weighted by molar-refractivity contribution is -0.115.